The van der Waals surface area contributed by atoms with Crippen LogP contribution >= 0.6 is 0 Å². The van der Waals surface area contributed by atoms with Crippen molar-refractivity contribution >= 4 is 6.03 Å². The molecule has 0 saturated carbocycles. The first-order valence-electron chi connectivity index (χ1n) is 8.64. The minimum absolute atomic E-state index is 0.000995. The molecule has 1 unspecified atom stereocenters. The van der Waals surface area contributed by atoms with Crippen LogP contribution in [0.5, 0.6) is 0 Å². The zero-order valence-corrected chi connectivity index (χ0v) is 14.7. The van der Waals surface area contributed by atoms with Crippen LogP contribution in [0.1, 0.15) is 48.1 Å². The van der Waals surface area contributed by atoms with Crippen LogP contribution in [0.3, 0.4) is 0 Å². The second-order valence-corrected chi connectivity index (χ2v) is 6.78. The molecule has 1 aliphatic carbocycles. The molecule has 0 fully saturated rings. The molecule has 1 N–H and O–H groups in total. The Labute approximate surface area is 143 Å². The van der Waals surface area contributed by atoms with Crippen molar-refractivity contribution in [2.75, 3.05) is 7.05 Å². The quantitative estimate of drug-likeness (QED) is 0.938. The van der Waals surface area contributed by atoms with Crippen LogP contribution in [0.25, 0.3) is 0 Å². The van der Waals surface area contributed by atoms with E-state index in [9.17, 15) is 4.79 Å². The number of fused-ring (bicyclic) bond motifs is 1. The highest BCUT2D eigenvalue weighted by atomic mass is 16.2. The van der Waals surface area contributed by atoms with Gasteiger partial charge in [0.2, 0.25) is 0 Å². The van der Waals surface area contributed by atoms with E-state index in [1.165, 1.54) is 36.0 Å². The summed E-state index contributed by atoms with van der Waals surface area (Å²) in [5.41, 5.74) is 5.12. The molecule has 24 heavy (non-hydrogen) atoms. The average Bonchev–Trinajstić information content (AvgIpc) is 2.99. The lowest BCUT2D eigenvalue weighted by Gasteiger charge is -2.23. The molecule has 5 nitrogen and oxygen atoms in total. The van der Waals surface area contributed by atoms with E-state index in [1.807, 2.05) is 27.2 Å². The number of benzene rings is 1. The number of carbonyl (C=O) groups is 1. The highest BCUT2D eigenvalue weighted by Crippen LogP contribution is 2.24. The molecular weight excluding hydrogens is 300 g/mol. The summed E-state index contributed by atoms with van der Waals surface area (Å²) in [5.74, 6) is 0. The Bertz CT molecular complexity index is 722. The maximum atomic E-state index is 12.4. The van der Waals surface area contributed by atoms with Crippen LogP contribution in [0.15, 0.2) is 30.6 Å². The molecule has 0 bridgehead atoms. The van der Waals surface area contributed by atoms with Crippen molar-refractivity contribution in [3.8, 4) is 0 Å². The first-order chi connectivity index (χ1) is 11.5. The maximum absolute atomic E-state index is 12.4. The monoisotopic (exact) mass is 326 g/mol. The normalized spacial score (nSPS) is 14.8. The third kappa shape index (κ3) is 3.78. The summed E-state index contributed by atoms with van der Waals surface area (Å²) in [4.78, 5) is 14.1. The lowest BCUT2D eigenvalue weighted by atomic mass is 9.89. The van der Waals surface area contributed by atoms with Gasteiger partial charge in [-0.25, -0.2) is 4.79 Å². The van der Waals surface area contributed by atoms with Crippen LogP contribution < -0.4 is 5.32 Å². The highest BCUT2D eigenvalue weighted by Gasteiger charge is 2.16. The molecule has 3 rings (SSSR count). The number of aromatic nitrogens is 2. The van der Waals surface area contributed by atoms with Crippen LogP contribution in [0.4, 0.5) is 4.79 Å². The summed E-state index contributed by atoms with van der Waals surface area (Å²) in [6.07, 6.45) is 8.62. The molecule has 1 atom stereocenters. The molecule has 0 saturated heterocycles. The first-order valence-corrected chi connectivity index (χ1v) is 8.64. The smallest absolute Gasteiger partial charge is 0.317 e. The fourth-order valence-electron chi connectivity index (χ4n) is 3.30. The third-order valence-electron chi connectivity index (χ3n) is 4.74. The first kappa shape index (κ1) is 16.6. The number of aryl methyl sites for hydroxylation is 3. The van der Waals surface area contributed by atoms with E-state index >= 15 is 0 Å². The second-order valence-electron chi connectivity index (χ2n) is 6.78. The topological polar surface area (TPSA) is 50.2 Å². The van der Waals surface area contributed by atoms with Crippen molar-refractivity contribution in [2.45, 2.75) is 45.2 Å². The Morgan fingerprint density at radius 1 is 1.33 bits per heavy atom. The number of amides is 2. The van der Waals surface area contributed by atoms with Gasteiger partial charge in [0, 0.05) is 25.9 Å². The molecule has 1 aromatic carbocycles. The van der Waals surface area contributed by atoms with E-state index in [0.717, 1.165) is 12.0 Å². The Kier molecular flexibility index (Phi) is 4.88. The minimum Gasteiger partial charge on any atom is -0.331 e. The van der Waals surface area contributed by atoms with Gasteiger partial charge in [0.05, 0.1) is 18.8 Å². The standard InChI is InChI=1S/C19H26N4O/c1-14(17-9-8-16-6-4-5-7-18(16)10-17)21-19(24)22(2)12-15-11-20-23(3)13-15/h8-11,13-14H,4-7,12H2,1-3H3,(H,21,24). The molecule has 0 aliphatic heterocycles. The summed E-state index contributed by atoms with van der Waals surface area (Å²) < 4.78 is 1.75. The average molecular weight is 326 g/mol. The predicted octanol–water partition coefficient (Wildman–Crippen LogP) is 3.20. The Hall–Kier alpha value is -2.30. The van der Waals surface area contributed by atoms with Gasteiger partial charge in [0.15, 0.2) is 0 Å². The molecule has 5 heteroatoms. The van der Waals surface area contributed by atoms with Gasteiger partial charge in [-0.3, -0.25) is 4.68 Å². The number of rotatable bonds is 4. The van der Waals surface area contributed by atoms with E-state index in [4.69, 9.17) is 0 Å². The van der Waals surface area contributed by atoms with Crippen LogP contribution in [0, 0.1) is 0 Å². The van der Waals surface area contributed by atoms with Crippen LogP contribution in [-0.4, -0.2) is 27.8 Å². The Morgan fingerprint density at radius 2 is 2.08 bits per heavy atom. The highest BCUT2D eigenvalue weighted by molar-refractivity contribution is 5.74. The van der Waals surface area contributed by atoms with E-state index in [1.54, 1.807) is 15.8 Å². The lowest BCUT2D eigenvalue weighted by molar-refractivity contribution is 0.203. The molecule has 0 radical (unpaired) electrons. The van der Waals surface area contributed by atoms with E-state index < -0.39 is 0 Å². The largest absolute Gasteiger partial charge is 0.331 e. The number of urea groups is 1. The van der Waals surface area contributed by atoms with Crippen molar-refractivity contribution < 1.29 is 4.79 Å². The summed E-state index contributed by atoms with van der Waals surface area (Å²) >= 11 is 0. The number of nitrogens with zero attached hydrogens (tertiary/aromatic N) is 3. The fraction of sp³-hybridized carbons (Fsp3) is 0.474. The fourth-order valence-corrected chi connectivity index (χ4v) is 3.30. The van der Waals surface area contributed by atoms with Crippen LogP contribution in [-0.2, 0) is 26.4 Å². The molecule has 0 spiro atoms. The van der Waals surface area contributed by atoms with E-state index in [-0.39, 0.29) is 12.1 Å². The van der Waals surface area contributed by atoms with Gasteiger partial charge in [0.25, 0.3) is 0 Å². The van der Waals surface area contributed by atoms with E-state index in [2.05, 4.69) is 28.6 Å². The number of nitrogens with one attached hydrogen (secondary N) is 1. The molecule has 2 amide bonds. The molecular formula is C19H26N4O. The number of hydrogen-bond donors (Lipinski definition) is 1. The Balaban J connectivity index is 1.61. The van der Waals surface area contributed by atoms with Gasteiger partial charge in [-0.05, 0) is 49.3 Å². The molecule has 2 aromatic rings. The van der Waals surface area contributed by atoms with Gasteiger partial charge in [-0.15, -0.1) is 0 Å². The van der Waals surface area contributed by atoms with Crippen molar-refractivity contribution in [1.29, 1.82) is 0 Å². The Morgan fingerprint density at radius 3 is 2.79 bits per heavy atom. The molecule has 1 aliphatic rings. The van der Waals surface area contributed by atoms with Crippen LogP contribution in [0.2, 0.25) is 0 Å². The third-order valence-corrected chi connectivity index (χ3v) is 4.74. The summed E-state index contributed by atoms with van der Waals surface area (Å²) in [7, 11) is 3.68. The summed E-state index contributed by atoms with van der Waals surface area (Å²) in [5, 5.41) is 7.23. The van der Waals surface area contributed by atoms with E-state index in [0.29, 0.717) is 6.54 Å². The van der Waals surface area contributed by atoms with Gasteiger partial charge in [0.1, 0.15) is 0 Å². The van der Waals surface area contributed by atoms with Gasteiger partial charge >= 0.3 is 6.03 Å². The zero-order valence-electron chi connectivity index (χ0n) is 14.7. The molecule has 1 heterocycles. The van der Waals surface area contributed by atoms with Gasteiger partial charge in [-0.1, -0.05) is 18.2 Å². The lowest BCUT2D eigenvalue weighted by Crippen LogP contribution is -2.38. The van der Waals surface area contributed by atoms with Gasteiger partial charge in [-0.2, -0.15) is 5.10 Å². The summed E-state index contributed by atoms with van der Waals surface area (Å²) in [6, 6.07) is 6.58. The van der Waals surface area contributed by atoms with Crippen molar-refractivity contribution in [3.05, 3.63) is 52.8 Å². The molecule has 1 aromatic heterocycles. The van der Waals surface area contributed by atoms with Crippen molar-refractivity contribution in [1.82, 2.24) is 20.0 Å². The maximum Gasteiger partial charge on any atom is 0.317 e. The number of hydrogen-bond acceptors (Lipinski definition) is 2. The molecule has 128 valence electrons. The predicted molar refractivity (Wildman–Crippen MR) is 94.7 cm³/mol. The van der Waals surface area contributed by atoms with Crippen molar-refractivity contribution in [3.63, 3.8) is 0 Å². The summed E-state index contributed by atoms with van der Waals surface area (Å²) in [6.45, 7) is 2.59. The SMILES string of the molecule is CC(NC(=O)N(C)Cc1cnn(C)c1)c1ccc2c(c1)CCCC2. The number of carbonyl (C=O) groups excluding carboxylic acids is 1. The van der Waals surface area contributed by atoms with Crippen molar-refractivity contribution in [2.24, 2.45) is 7.05 Å². The zero-order chi connectivity index (χ0) is 17.1. The second kappa shape index (κ2) is 7.07. The van der Waals surface area contributed by atoms with Gasteiger partial charge < -0.3 is 10.2 Å². The minimum atomic E-state index is -0.0657.